The third-order valence-corrected chi connectivity index (χ3v) is 3.55. The van der Waals surface area contributed by atoms with Crippen LogP contribution in [0.1, 0.15) is 40.0 Å². The molecule has 0 radical (unpaired) electrons. The van der Waals surface area contributed by atoms with Gasteiger partial charge >= 0.3 is 6.09 Å². The molecule has 0 spiro atoms. The highest BCUT2D eigenvalue weighted by Crippen LogP contribution is 2.22. The van der Waals surface area contributed by atoms with Gasteiger partial charge in [-0.2, -0.15) is 0 Å². The van der Waals surface area contributed by atoms with Crippen molar-refractivity contribution in [3.63, 3.8) is 0 Å². The van der Waals surface area contributed by atoms with Gasteiger partial charge in [-0.3, -0.25) is 4.79 Å². The molecule has 0 aromatic heterocycles. The van der Waals surface area contributed by atoms with Crippen molar-refractivity contribution in [2.24, 2.45) is 11.8 Å². The zero-order chi connectivity index (χ0) is 14.4. The summed E-state index contributed by atoms with van der Waals surface area (Å²) in [5.41, 5.74) is 0. The van der Waals surface area contributed by atoms with Crippen LogP contribution in [0.2, 0.25) is 0 Å². The minimum absolute atomic E-state index is 0.000417. The number of alkyl carbamates (subject to hydrolysis) is 1. The van der Waals surface area contributed by atoms with E-state index in [4.69, 9.17) is 0 Å². The van der Waals surface area contributed by atoms with Crippen molar-refractivity contribution in [3.05, 3.63) is 0 Å². The van der Waals surface area contributed by atoms with Gasteiger partial charge in [0.05, 0.1) is 13.2 Å². The first kappa shape index (κ1) is 15.8. The lowest BCUT2D eigenvalue weighted by atomic mass is 9.90. The van der Waals surface area contributed by atoms with Crippen LogP contribution < -0.4 is 5.32 Å². The second kappa shape index (κ2) is 7.36. The first-order valence-electron chi connectivity index (χ1n) is 7.11. The van der Waals surface area contributed by atoms with Crippen LogP contribution in [-0.2, 0) is 9.53 Å². The van der Waals surface area contributed by atoms with E-state index >= 15 is 0 Å². The third kappa shape index (κ3) is 4.73. The Bertz CT molecular complexity index is 318. The molecule has 0 aromatic rings. The lowest BCUT2D eigenvalue weighted by Gasteiger charge is -2.38. The van der Waals surface area contributed by atoms with E-state index in [0.717, 1.165) is 25.8 Å². The van der Waals surface area contributed by atoms with Gasteiger partial charge in [0, 0.05) is 19.0 Å². The summed E-state index contributed by atoms with van der Waals surface area (Å²) in [7, 11) is 1.36. The molecular formula is C14H26N2O3. The topological polar surface area (TPSA) is 58.6 Å². The second-order valence-corrected chi connectivity index (χ2v) is 5.62. The van der Waals surface area contributed by atoms with Crippen LogP contribution in [0.25, 0.3) is 0 Å². The SMILES string of the molecule is CCCC1CC(NC(=O)OC)CN(C(=O)C(C)C)C1. The molecule has 110 valence electrons. The van der Waals surface area contributed by atoms with E-state index in [-0.39, 0.29) is 17.9 Å². The Morgan fingerprint density at radius 3 is 2.58 bits per heavy atom. The fourth-order valence-electron chi connectivity index (χ4n) is 2.70. The summed E-state index contributed by atoms with van der Waals surface area (Å²) < 4.78 is 4.64. The second-order valence-electron chi connectivity index (χ2n) is 5.62. The molecule has 0 bridgehead atoms. The number of rotatable bonds is 4. The van der Waals surface area contributed by atoms with Gasteiger partial charge in [-0.1, -0.05) is 27.2 Å². The number of carbonyl (C=O) groups is 2. The summed E-state index contributed by atoms with van der Waals surface area (Å²) >= 11 is 0. The van der Waals surface area contributed by atoms with Gasteiger partial charge < -0.3 is 15.0 Å². The molecule has 1 aliphatic heterocycles. The average molecular weight is 270 g/mol. The zero-order valence-corrected chi connectivity index (χ0v) is 12.4. The number of nitrogens with zero attached hydrogens (tertiary/aromatic N) is 1. The van der Waals surface area contributed by atoms with Crippen LogP contribution in [0, 0.1) is 11.8 Å². The number of hydrogen-bond donors (Lipinski definition) is 1. The molecule has 1 aliphatic rings. The molecule has 19 heavy (non-hydrogen) atoms. The van der Waals surface area contributed by atoms with E-state index in [0.29, 0.717) is 12.5 Å². The Morgan fingerprint density at radius 1 is 1.37 bits per heavy atom. The zero-order valence-electron chi connectivity index (χ0n) is 12.4. The quantitative estimate of drug-likeness (QED) is 0.850. The normalized spacial score (nSPS) is 23.3. The van der Waals surface area contributed by atoms with Crippen molar-refractivity contribution in [2.75, 3.05) is 20.2 Å². The van der Waals surface area contributed by atoms with Crippen LogP contribution in [0.15, 0.2) is 0 Å². The Hall–Kier alpha value is -1.26. The van der Waals surface area contributed by atoms with Crippen LogP contribution >= 0.6 is 0 Å². The number of carbonyl (C=O) groups excluding carboxylic acids is 2. The van der Waals surface area contributed by atoms with Crippen LogP contribution in [0.4, 0.5) is 4.79 Å². The lowest BCUT2D eigenvalue weighted by molar-refractivity contribution is -0.136. The van der Waals surface area contributed by atoms with E-state index in [2.05, 4.69) is 17.0 Å². The molecular weight excluding hydrogens is 244 g/mol. The maximum atomic E-state index is 12.1. The molecule has 5 heteroatoms. The van der Waals surface area contributed by atoms with E-state index in [1.165, 1.54) is 7.11 Å². The van der Waals surface area contributed by atoms with Gasteiger partial charge in [-0.25, -0.2) is 4.79 Å². The van der Waals surface area contributed by atoms with Crippen LogP contribution in [-0.4, -0.2) is 43.1 Å². The average Bonchev–Trinajstić information content (AvgIpc) is 2.37. The summed E-state index contributed by atoms with van der Waals surface area (Å²) in [4.78, 5) is 25.3. The minimum Gasteiger partial charge on any atom is -0.453 e. The molecule has 2 unspecified atom stereocenters. The summed E-state index contributed by atoms with van der Waals surface area (Å²) in [6.45, 7) is 7.37. The van der Waals surface area contributed by atoms with Crippen LogP contribution in [0.3, 0.4) is 0 Å². The molecule has 1 N–H and O–H groups in total. The van der Waals surface area contributed by atoms with Gasteiger partial charge in [-0.05, 0) is 18.8 Å². The minimum atomic E-state index is -0.418. The maximum Gasteiger partial charge on any atom is 0.407 e. The molecule has 1 fully saturated rings. The maximum absolute atomic E-state index is 12.1. The smallest absolute Gasteiger partial charge is 0.407 e. The van der Waals surface area contributed by atoms with E-state index in [9.17, 15) is 9.59 Å². The molecule has 1 saturated heterocycles. The number of hydrogen-bond acceptors (Lipinski definition) is 3. The predicted molar refractivity (Wildman–Crippen MR) is 73.8 cm³/mol. The number of ether oxygens (including phenoxy) is 1. The third-order valence-electron chi connectivity index (χ3n) is 3.55. The summed E-state index contributed by atoms with van der Waals surface area (Å²) in [5.74, 6) is 0.625. The van der Waals surface area contributed by atoms with E-state index < -0.39 is 6.09 Å². The molecule has 1 heterocycles. The molecule has 2 amide bonds. The van der Waals surface area contributed by atoms with Crippen molar-refractivity contribution in [1.82, 2.24) is 10.2 Å². The fourth-order valence-corrected chi connectivity index (χ4v) is 2.70. The molecule has 1 rings (SSSR count). The molecule has 0 aliphatic carbocycles. The van der Waals surface area contributed by atoms with Crippen molar-refractivity contribution < 1.29 is 14.3 Å². The highest BCUT2D eigenvalue weighted by Gasteiger charge is 2.31. The van der Waals surface area contributed by atoms with E-state index in [1.807, 2.05) is 18.7 Å². The monoisotopic (exact) mass is 270 g/mol. The van der Waals surface area contributed by atoms with Crippen molar-refractivity contribution in [3.8, 4) is 0 Å². The standard InChI is InChI=1S/C14H26N2O3/c1-5-6-11-7-12(15-14(18)19-4)9-16(8-11)13(17)10(2)3/h10-12H,5-9H2,1-4H3,(H,15,18). The number of likely N-dealkylation sites (tertiary alicyclic amines) is 1. The van der Waals surface area contributed by atoms with Gasteiger partial charge in [-0.15, -0.1) is 0 Å². The lowest BCUT2D eigenvalue weighted by Crippen LogP contribution is -2.53. The number of nitrogens with one attached hydrogen (secondary N) is 1. The Morgan fingerprint density at radius 2 is 2.05 bits per heavy atom. The molecule has 0 aromatic carbocycles. The predicted octanol–water partition coefficient (Wildman–Crippen LogP) is 2.02. The van der Waals surface area contributed by atoms with Gasteiger partial charge in [0.2, 0.25) is 5.91 Å². The van der Waals surface area contributed by atoms with Crippen molar-refractivity contribution in [2.45, 2.75) is 46.1 Å². The number of amides is 2. The summed E-state index contributed by atoms with van der Waals surface area (Å²) in [5, 5.41) is 2.83. The van der Waals surface area contributed by atoms with Gasteiger partial charge in [0.25, 0.3) is 0 Å². The fraction of sp³-hybridized carbons (Fsp3) is 0.857. The van der Waals surface area contributed by atoms with Crippen molar-refractivity contribution >= 4 is 12.0 Å². The largest absolute Gasteiger partial charge is 0.453 e. The van der Waals surface area contributed by atoms with Crippen molar-refractivity contribution in [1.29, 1.82) is 0 Å². The number of methoxy groups -OCH3 is 1. The highest BCUT2D eigenvalue weighted by atomic mass is 16.5. The molecule has 5 nitrogen and oxygen atoms in total. The Labute approximate surface area is 115 Å². The molecule has 2 atom stereocenters. The van der Waals surface area contributed by atoms with E-state index in [1.54, 1.807) is 0 Å². The van der Waals surface area contributed by atoms with Crippen LogP contribution in [0.5, 0.6) is 0 Å². The summed E-state index contributed by atoms with van der Waals surface area (Å²) in [6, 6.07) is 0.000417. The van der Waals surface area contributed by atoms with Gasteiger partial charge in [0.1, 0.15) is 0 Å². The first-order valence-corrected chi connectivity index (χ1v) is 7.11. The number of piperidine rings is 1. The Kier molecular flexibility index (Phi) is 6.12. The Balaban J connectivity index is 2.67. The van der Waals surface area contributed by atoms with Gasteiger partial charge in [0.15, 0.2) is 0 Å². The molecule has 0 saturated carbocycles. The highest BCUT2D eigenvalue weighted by molar-refractivity contribution is 5.78. The first-order chi connectivity index (χ1) is 8.97. The summed E-state index contributed by atoms with van der Waals surface area (Å²) in [6.07, 6.45) is 2.69.